The molecule has 0 saturated heterocycles. The number of halogens is 2. The van der Waals surface area contributed by atoms with Gasteiger partial charge < -0.3 is 33.9 Å². The van der Waals surface area contributed by atoms with Crippen molar-refractivity contribution in [3.63, 3.8) is 0 Å². The monoisotopic (exact) mass is 654 g/mol. The molecule has 0 atom stereocenters. The minimum Gasteiger partial charge on any atom is -0.490 e. The van der Waals surface area contributed by atoms with E-state index in [1.165, 1.54) is 24.3 Å². The number of hydrogen-bond donors (Lipinski definition) is 2. The van der Waals surface area contributed by atoms with Crippen molar-refractivity contribution in [1.29, 1.82) is 0 Å². The molecule has 0 radical (unpaired) electrons. The van der Waals surface area contributed by atoms with E-state index in [4.69, 9.17) is 33.9 Å². The van der Waals surface area contributed by atoms with E-state index in [0.717, 1.165) is 31.2 Å². The Morgan fingerprint density at radius 2 is 1.23 bits per heavy atom. The summed E-state index contributed by atoms with van der Waals surface area (Å²) in [5.41, 5.74) is 1.80. The molecule has 0 bridgehead atoms. The summed E-state index contributed by atoms with van der Waals surface area (Å²) >= 11 is 0. The third kappa shape index (κ3) is 11.8. The number of rotatable bonds is 20. The number of aliphatic hydroxyl groups is 2. The minimum absolute atomic E-state index is 0.0319. The molecule has 0 aliphatic rings. The number of alkyl halides is 2. The Morgan fingerprint density at radius 1 is 0.702 bits per heavy atom. The van der Waals surface area contributed by atoms with E-state index in [0.29, 0.717) is 22.6 Å². The van der Waals surface area contributed by atoms with Crippen LogP contribution in [0.15, 0.2) is 91.0 Å². The van der Waals surface area contributed by atoms with E-state index >= 15 is 0 Å². The number of unbranched alkanes of at least 4 members (excludes halogenated alkanes) is 2. The maximum Gasteiger partial charge on any atom is 0.426 e. The van der Waals surface area contributed by atoms with Crippen LogP contribution in [0.3, 0.4) is 0 Å². The van der Waals surface area contributed by atoms with Crippen LogP contribution in [0, 0.1) is 0 Å². The molecule has 0 aromatic heterocycles. The van der Waals surface area contributed by atoms with Crippen LogP contribution in [-0.2, 0) is 31.6 Å². The van der Waals surface area contributed by atoms with Gasteiger partial charge in [-0.1, -0.05) is 57.2 Å². The van der Waals surface area contributed by atoms with Crippen molar-refractivity contribution in [2.24, 2.45) is 0 Å². The maximum atomic E-state index is 15.0. The van der Waals surface area contributed by atoms with Crippen molar-refractivity contribution < 1.29 is 52.3 Å². The number of ether oxygens (including phenoxy) is 5. The zero-order valence-corrected chi connectivity index (χ0v) is 26.3. The fourth-order valence-corrected chi connectivity index (χ4v) is 4.19. The Hall–Kier alpha value is -4.74. The second kappa shape index (κ2) is 18.4. The summed E-state index contributed by atoms with van der Waals surface area (Å²) in [7, 11) is 0. The molecule has 9 nitrogen and oxygen atoms in total. The highest BCUT2D eigenvalue weighted by Gasteiger charge is 2.34. The second-order valence-electron chi connectivity index (χ2n) is 10.5. The Bertz CT molecular complexity index is 1430. The Kier molecular flexibility index (Phi) is 14.4. The molecule has 0 saturated carbocycles. The zero-order valence-electron chi connectivity index (χ0n) is 26.3. The highest BCUT2D eigenvalue weighted by atomic mass is 19.3. The average Bonchev–Trinajstić information content (AvgIpc) is 3.08. The van der Waals surface area contributed by atoms with Gasteiger partial charge in [-0.3, -0.25) is 0 Å². The molecule has 47 heavy (non-hydrogen) atoms. The van der Waals surface area contributed by atoms with Gasteiger partial charge in [-0.05, 0) is 65.9 Å². The van der Waals surface area contributed by atoms with E-state index < -0.39 is 31.3 Å². The summed E-state index contributed by atoms with van der Waals surface area (Å²) in [6.45, 7) is 7.55. The van der Waals surface area contributed by atoms with Gasteiger partial charge in [0.1, 0.15) is 43.7 Å². The van der Waals surface area contributed by atoms with Gasteiger partial charge in [0.2, 0.25) is 0 Å². The molecule has 0 spiro atoms. The fraction of sp³-hybridized carbons (Fsp3) is 0.333. The molecule has 0 fully saturated rings. The van der Waals surface area contributed by atoms with Crippen LogP contribution >= 0.6 is 0 Å². The van der Waals surface area contributed by atoms with Crippen molar-refractivity contribution in [1.82, 2.24) is 0 Å². The van der Waals surface area contributed by atoms with Crippen LogP contribution < -0.4 is 14.2 Å². The first kappa shape index (κ1) is 36.7. The molecule has 252 valence electrons. The number of carbonyl (C=O) groups is 2. The molecule has 0 unspecified atom stereocenters. The van der Waals surface area contributed by atoms with Crippen LogP contribution in [0.4, 0.5) is 8.78 Å². The first-order chi connectivity index (χ1) is 22.6. The van der Waals surface area contributed by atoms with Gasteiger partial charge in [0.15, 0.2) is 0 Å². The topological polar surface area (TPSA) is 121 Å². The Balaban J connectivity index is 1.71. The summed E-state index contributed by atoms with van der Waals surface area (Å²) in [6, 6.07) is 17.2. The normalized spacial score (nSPS) is 11.0. The SMILES string of the molecule is C=C(CO)C(=O)OCCOc1cc(OCCOC(=O)C(=C)CO)cc(-c2ccc(OC(F)(F)c3ccc(CCCCC)cc3)cc2)c1. The number of esters is 2. The highest BCUT2D eigenvalue weighted by Crippen LogP contribution is 2.35. The lowest BCUT2D eigenvalue weighted by Gasteiger charge is -2.19. The molecular formula is C36H40F2O9. The largest absolute Gasteiger partial charge is 0.490 e. The van der Waals surface area contributed by atoms with E-state index in [-0.39, 0.29) is 48.9 Å². The molecule has 0 aliphatic heterocycles. The molecule has 0 amide bonds. The van der Waals surface area contributed by atoms with E-state index in [9.17, 15) is 18.4 Å². The number of aliphatic hydroxyl groups excluding tert-OH is 2. The lowest BCUT2D eigenvalue weighted by Crippen LogP contribution is -2.21. The van der Waals surface area contributed by atoms with Crippen molar-refractivity contribution in [3.05, 3.63) is 102 Å². The van der Waals surface area contributed by atoms with Crippen LogP contribution in [-0.4, -0.2) is 61.8 Å². The van der Waals surface area contributed by atoms with Crippen LogP contribution in [0.5, 0.6) is 17.2 Å². The molecule has 2 N–H and O–H groups in total. The summed E-state index contributed by atoms with van der Waals surface area (Å²) in [5.74, 6) is -0.859. The average molecular weight is 655 g/mol. The van der Waals surface area contributed by atoms with Crippen molar-refractivity contribution in [3.8, 4) is 28.4 Å². The van der Waals surface area contributed by atoms with Gasteiger partial charge >= 0.3 is 18.0 Å². The predicted molar refractivity (Wildman–Crippen MR) is 171 cm³/mol. The van der Waals surface area contributed by atoms with Crippen molar-refractivity contribution >= 4 is 11.9 Å². The molecule has 0 aliphatic carbocycles. The van der Waals surface area contributed by atoms with Gasteiger partial charge in [0.25, 0.3) is 0 Å². The predicted octanol–water partition coefficient (Wildman–Crippen LogP) is 6.16. The second-order valence-corrected chi connectivity index (χ2v) is 10.5. The van der Waals surface area contributed by atoms with Gasteiger partial charge in [-0.15, -0.1) is 0 Å². The number of hydrogen-bond acceptors (Lipinski definition) is 9. The summed E-state index contributed by atoms with van der Waals surface area (Å²) in [6.07, 6.45) is 0.471. The quantitative estimate of drug-likeness (QED) is 0.0839. The molecule has 0 heterocycles. The van der Waals surface area contributed by atoms with E-state index in [2.05, 4.69) is 20.1 Å². The number of aryl methyl sites for hydroxylation is 1. The summed E-state index contributed by atoms with van der Waals surface area (Å²) in [4.78, 5) is 23.4. The van der Waals surface area contributed by atoms with Gasteiger partial charge in [-0.2, -0.15) is 8.78 Å². The Morgan fingerprint density at radius 3 is 1.72 bits per heavy atom. The Labute approximate surface area is 273 Å². The molecule has 3 aromatic rings. The van der Waals surface area contributed by atoms with Gasteiger partial charge in [0.05, 0.1) is 29.9 Å². The van der Waals surface area contributed by atoms with Gasteiger partial charge in [0, 0.05) is 6.07 Å². The summed E-state index contributed by atoms with van der Waals surface area (Å²) < 4.78 is 56.5. The molecule has 3 aromatic carbocycles. The number of carbonyl (C=O) groups excluding carboxylic acids is 2. The van der Waals surface area contributed by atoms with E-state index in [1.807, 2.05) is 0 Å². The molecule has 3 rings (SSSR count). The van der Waals surface area contributed by atoms with Gasteiger partial charge in [-0.25, -0.2) is 9.59 Å². The van der Waals surface area contributed by atoms with Crippen molar-refractivity contribution in [2.45, 2.75) is 38.7 Å². The number of benzene rings is 3. The lowest BCUT2D eigenvalue weighted by atomic mass is 10.0. The third-order valence-corrected chi connectivity index (χ3v) is 6.80. The smallest absolute Gasteiger partial charge is 0.426 e. The van der Waals surface area contributed by atoms with Crippen LogP contribution in [0.25, 0.3) is 11.1 Å². The van der Waals surface area contributed by atoms with E-state index in [1.54, 1.807) is 42.5 Å². The third-order valence-electron chi connectivity index (χ3n) is 6.80. The van der Waals surface area contributed by atoms with Crippen LogP contribution in [0.1, 0.15) is 37.3 Å². The minimum atomic E-state index is -3.54. The first-order valence-electron chi connectivity index (χ1n) is 15.1. The van der Waals surface area contributed by atoms with Crippen molar-refractivity contribution in [2.75, 3.05) is 39.6 Å². The lowest BCUT2D eigenvalue weighted by molar-refractivity contribution is -0.185. The molecule has 11 heteroatoms. The highest BCUT2D eigenvalue weighted by molar-refractivity contribution is 5.88. The summed E-state index contributed by atoms with van der Waals surface area (Å²) in [5, 5.41) is 18.0. The molecular weight excluding hydrogens is 614 g/mol. The zero-order chi connectivity index (χ0) is 34.2. The van der Waals surface area contributed by atoms with Crippen LogP contribution in [0.2, 0.25) is 0 Å². The maximum absolute atomic E-state index is 15.0. The first-order valence-corrected chi connectivity index (χ1v) is 15.1. The fourth-order valence-electron chi connectivity index (χ4n) is 4.19. The standard InChI is InChI=1S/C36H40F2O9/c1-4-5-6-7-27-8-12-30(13-9-27)36(37,38)47-31-14-10-28(11-15-31)29-20-32(43-16-18-45-34(41)25(2)23-39)22-33(21-29)44-17-19-46-35(42)26(3)24-40/h8-15,20-22,39-40H,2-7,16-19,23-24H2,1H3.